The number of rotatable bonds is 8. The first-order valence-corrected chi connectivity index (χ1v) is 7.34. The van der Waals surface area contributed by atoms with Gasteiger partial charge in [-0.15, -0.1) is 0 Å². The van der Waals surface area contributed by atoms with Crippen LogP contribution in [0.2, 0.25) is 0 Å². The van der Waals surface area contributed by atoms with E-state index in [1.807, 2.05) is 19.1 Å². The molecule has 0 saturated carbocycles. The van der Waals surface area contributed by atoms with Gasteiger partial charge in [-0.3, -0.25) is 4.79 Å². The van der Waals surface area contributed by atoms with Crippen LogP contribution in [0.15, 0.2) is 18.2 Å². The zero-order valence-electron chi connectivity index (χ0n) is 13.1. The van der Waals surface area contributed by atoms with E-state index in [1.165, 1.54) is 20.0 Å². The van der Waals surface area contributed by atoms with Crippen molar-refractivity contribution in [2.75, 3.05) is 14.2 Å². The summed E-state index contributed by atoms with van der Waals surface area (Å²) in [6, 6.07) is 6.12. The second-order valence-electron chi connectivity index (χ2n) is 5.17. The van der Waals surface area contributed by atoms with E-state index >= 15 is 0 Å². The van der Waals surface area contributed by atoms with E-state index in [9.17, 15) is 4.79 Å². The Morgan fingerprint density at radius 1 is 1.25 bits per heavy atom. The molecular formula is C17H26O3. The molecule has 1 rings (SSSR count). The molecule has 0 bridgehead atoms. The van der Waals surface area contributed by atoms with Gasteiger partial charge in [-0.2, -0.15) is 0 Å². The molecule has 0 aromatic heterocycles. The highest BCUT2D eigenvalue weighted by molar-refractivity contribution is 5.70. The van der Waals surface area contributed by atoms with E-state index in [1.54, 1.807) is 7.11 Å². The third-order valence-corrected chi connectivity index (χ3v) is 3.68. The fourth-order valence-corrected chi connectivity index (χ4v) is 2.57. The molecule has 20 heavy (non-hydrogen) atoms. The molecule has 0 saturated heterocycles. The number of para-hydroxylation sites is 1. The summed E-state index contributed by atoms with van der Waals surface area (Å²) in [6.07, 6.45) is 4.89. The van der Waals surface area contributed by atoms with Crippen molar-refractivity contribution < 1.29 is 14.3 Å². The molecular weight excluding hydrogens is 252 g/mol. The van der Waals surface area contributed by atoms with Gasteiger partial charge in [0.05, 0.1) is 20.6 Å². The van der Waals surface area contributed by atoms with Crippen molar-refractivity contribution in [1.82, 2.24) is 0 Å². The van der Waals surface area contributed by atoms with Crippen LogP contribution >= 0.6 is 0 Å². The molecule has 0 aliphatic rings. The number of benzene rings is 1. The van der Waals surface area contributed by atoms with Gasteiger partial charge in [0.2, 0.25) is 0 Å². The number of carbonyl (C=O) groups excluding carboxylic acids is 1. The summed E-state index contributed by atoms with van der Waals surface area (Å²) in [5.74, 6) is 0.914. The zero-order chi connectivity index (χ0) is 15.0. The van der Waals surface area contributed by atoms with E-state index in [-0.39, 0.29) is 11.9 Å². The molecule has 0 radical (unpaired) electrons. The van der Waals surface area contributed by atoms with Crippen LogP contribution in [0.4, 0.5) is 0 Å². The molecule has 0 amide bonds. The molecule has 0 fully saturated rings. The Bertz CT molecular complexity index is 426. The highest BCUT2D eigenvalue weighted by Crippen LogP contribution is 2.35. The Morgan fingerprint density at radius 3 is 2.60 bits per heavy atom. The average molecular weight is 278 g/mol. The topological polar surface area (TPSA) is 35.5 Å². The van der Waals surface area contributed by atoms with Crippen molar-refractivity contribution in [3.8, 4) is 5.75 Å². The van der Waals surface area contributed by atoms with E-state index in [2.05, 4.69) is 13.0 Å². The minimum atomic E-state index is -0.157. The summed E-state index contributed by atoms with van der Waals surface area (Å²) in [6.45, 7) is 4.21. The second-order valence-corrected chi connectivity index (χ2v) is 5.17. The lowest BCUT2D eigenvalue weighted by molar-refractivity contribution is -0.141. The third-order valence-electron chi connectivity index (χ3n) is 3.68. The maximum atomic E-state index is 11.6. The smallest absolute Gasteiger partial charge is 0.306 e. The summed E-state index contributed by atoms with van der Waals surface area (Å²) in [5, 5.41) is 0. The number of ether oxygens (including phenoxy) is 2. The molecule has 1 atom stereocenters. The normalized spacial score (nSPS) is 12.0. The van der Waals surface area contributed by atoms with Crippen LogP contribution in [0, 0.1) is 6.92 Å². The van der Waals surface area contributed by atoms with E-state index in [0.29, 0.717) is 6.42 Å². The van der Waals surface area contributed by atoms with Crippen LogP contribution in [0.25, 0.3) is 0 Å². The third kappa shape index (κ3) is 4.55. The van der Waals surface area contributed by atoms with Crippen LogP contribution in [0.3, 0.4) is 0 Å². The molecule has 0 aliphatic carbocycles. The van der Waals surface area contributed by atoms with Crippen molar-refractivity contribution in [2.24, 2.45) is 0 Å². The van der Waals surface area contributed by atoms with Gasteiger partial charge in [-0.1, -0.05) is 44.4 Å². The minimum Gasteiger partial charge on any atom is -0.496 e. The lowest BCUT2D eigenvalue weighted by Crippen LogP contribution is -2.10. The Kier molecular flexibility index (Phi) is 7.13. The molecule has 1 aromatic rings. The standard InChI is InChI=1S/C17H26O3/c1-5-6-7-10-14(12-16(18)19-3)15-11-8-9-13(2)17(15)20-4/h8-9,11,14H,5-7,10,12H2,1-4H3. The second kappa shape index (κ2) is 8.62. The van der Waals surface area contributed by atoms with Crippen molar-refractivity contribution >= 4 is 5.97 Å². The van der Waals surface area contributed by atoms with Crippen LogP contribution in [-0.2, 0) is 9.53 Å². The largest absolute Gasteiger partial charge is 0.496 e. The maximum absolute atomic E-state index is 11.6. The highest BCUT2D eigenvalue weighted by atomic mass is 16.5. The Labute approximate surface area is 122 Å². The lowest BCUT2D eigenvalue weighted by atomic mass is 9.88. The maximum Gasteiger partial charge on any atom is 0.306 e. The predicted molar refractivity (Wildman–Crippen MR) is 81.2 cm³/mol. The van der Waals surface area contributed by atoms with Gasteiger partial charge in [0, 0.05) is 0 Å². The number of unbranched alkanes of at least 4 members (excludes halogenated alkanes) is 2. The van der Waals surface area contributed by atoms with Gasteiger partial charge >= 0.3 is 5.97 Å². The quantitative estimate of drug-likeness (QED) is 0.527. The number of hydrogen-bond acceptors (Lipinski definition) is 3. The zero-order valence-corrected chi connectivity index (χ0v) is 13.1. The van der Waals surface area contributed by atoms with Crippen LogP contribution in [-0.4, -0.2) is 20.2 Å². The highest BCUT2D eigenvalue weighted by Gasteiger charge is 2.20. The molecule has 3 nitrogen and oxygen atoms in total. The van der Waals surface area contributed by atoms with Crippen LogP contribution in [0.5, 0.6) is 5.75 Å². The Hall–Kier alpha value is -1.51. The summed E-state index contributed by atoms with van der Waals surface area (Å²) >= 11 is 0. The molecule has 0 N–H and O–H groups in total. The Balaban J connectivity index is 2.96. The molecule has 1 unspecified atom stereocenters. The fourth-order valence-electron chi connectivity index (χ4n) is 2.57. The number of methoxy groups -OCH3 is 2. The first-order chi connectivity index (χ1) is 9.63. The van der Waals surface area contributed by atoms with E-state index in [4.69, 9.17) is 9.47 Å². The molecule has 0 aliphatic heterocycles. The molecule has 3 heteroatoms. The number of aryl methyl sites for hydroxylation is 1. The number of carbonyl (C=O) groups is 1. The summed E-state index contributed by atoms with van der Waals surface area (Å²) in [4.78, 5) is 11.6. The van der Waals surface area contributed by atoms with E-state index < -0.39 is 0 Å². The number of hydrogen-bond donors (Lipinski definition) is 0. The van der Waals surface area contributed by atoms with Crippen LogP contribution < -0.4 is 4.74 Å². The summed E-state index contributed by atoms with van der Waals surface area (Å²) in [5.41, 5.74) is 2.23. The average Bonchev–Trinajstić information content (AvgIpc) is 2.46. The van der Waals surface area contributed by atoms with Crippen LogP contribution in [0.1, 0.15) is 56.1 Å². The summed E-state index contributed by atoms with van der Waals surface area (Å²) in [7, 11) is 3.13. The molecule has 0 heterocycles. The molecule has 112 valence electrons. The van der Waals surface area contributed by atoms with Gasteiger partial charge in [0.15, 0.2) is 0 Å². The van der Waals surface area contributed by atoms with Gasteiger partial charge in [0.25, 0.3) is 0 Å². The van der Waals surface area contributed by atoms with Gasteiger partial charge in [0.1, 0.15) is 5.75 Å². The fraction of sp³-hybridized carbons (Fsp3) is 0.588. The van der Waals surface area contributed by atoms with Crippen molar-refractivity contribution in [1.29, 1.82) is 0 Å². The predicted octanol–water partition coefficient (Wildman–Crippen LogP) is 4.23. The monoisotopic (exact) mass is 278 g/mol. The first-order valence-electron chi connectivity index (χ1n) is 7.34. The van der Waals surface area contributed by atoms with E-state index in [0.717, 1.165) is 29.7 Å². The number of esters is 1. The summed E-state index contributed by atoms with van der Waals surface area (Å²) < 4.78 is 10.4. The van der Waals surface area contributed by atoms with Gasteiger partial charge in [-0.25, -0.2) is 0 Å². The lowest BCUT2D eigenvalue weighted by Gasteiger charge is -2.20. The van der Waals surface area contributed by atoms with Gasteiger partial charge < -0.3 is 9.47 Å². The van der Waals surface area contributed by atoms with Crippen molar-refractivity contribution in [3.05, 3.63) is 29.3 Å². The molecule has 0 spiro atoms. The Morgan fingerprint density at radius 2 is 2.00 bits per heavy atom. The van der Waals surface area contributed by atoms with Crippen molar-refractivity contribution in [3.63, 3.8) is 0 Å². The SMILES string of the molecule is CCCCCC(CC(=O)OC)c1cccc(C)c1OC. The first kappa shape index (κ1) is 16.5. The van der Waals surface area contributed by atoms with Gasteiger partial charge in [-0.05, 0) is 30.4 Å². The molecule has 1 aromatic carbocycles. The minimum absolute atomic E-state index is 0.157. The van der Waals surface area contributed by atoms with Crippen molar-refractivity contribution in [2.45, 2.75) is 51.9 Å².